The summed E-state index contributed by atoms with van der Waals surface area (Å²) >= 11 is 10.9. The number of hydrogen-bond acceptors (Lipinski definition) is 4. The van der Waals surface area contributed by atoms with E-state index in [0.717, 1.165) is 11.3 Å². The van der Waals surface area contributed by atoms with Crippen LogP contribution in [0.3, 0.4) is 0 Å². The first kappa shape index (κ1) is 16.4. The molecule has 0 spiro atoms. The maximum Gasteiger partial charge on any atom is 0.306 e. The minimum absolute atomic E-state index is 0.0150. The number of esters is 1. The van der Waals surface area contributed by atoms with Gasteiger partial charge in [0.15, 0.2) is 5.11 Å². The highest BCUT2D eigenvalue weighted by Gasteiger charge is 2.09. The molecule has 108 valence electrons. The molecule has 0 unspecified atom stereocenters. The van der Waals surface area contributed by atoms with Crippen LogP contribution in [-0.2, 0) is 14.3 Å². The van der Waals surface area contributed by atoms with Gasteiger partial charge in [-0.3, -0.25) is 9.59 Å². The molecule has 0 saturated heterocycles. The van der Waals surface area contributed by atoms with E-state index in [1.165, 1.54) is 7.11 Å². The molecule has 1 aromatic rings. The van der Waals surface area contributed by atoms with Gasteiger partial charge in [0, 0.05) is 17.1 Å². The zero-order valence-electron chi connectivity index (χ0n) is 11.2. The monoisotopic (exact) mass is 314 g/mol. The Morgan fingerprint density at radius 2 is 2.05 bits per heavy atom. The van der Waals surface area contributed by atoms with Crippen molar-refractivity contribution in [2.45, 2.75) is 19.8 Å². The lowest BCUT2D eigenvalue weighted by molar-refractivity contribution is -0.142. The van der Waals surface area contributed by atoms with Crippen molar-refractivity contribution < 1.29 is 14.3 Å². The minimum Gasteiger partial charge on any atom is -0.469 e. The van der Waals surface area contributed by atoms with Crippen LogP contribution < -0.4 is 10.6 Å². The molecular weight excluding hydrogens is 300 g/mol. The third kappa shape index (κ3) is 5.54. The number of halogens is 1. The second-order valence-electron chi connectivity index (χ2n) is 4.04. The summed E-state index contributed by atoms with van der Waals surface area (Å²) in [6, 6.07) is 5.32. The Morgan fingerprint density at radius 3 is 2.70 bits per heavy atom. The Kier molecular flexibility index (Phi) is 6.41. The highest BCUT2D eigenvalue weighted by molar-refractivity contribution is 7.80. The predicted octanol–water partition coefficient (Wildman–Crippen LogP) is 2.41. The molecule has 0 aliphatic rings. The van der Waals surface area contributed by atoms with Gasteiger partial charge in [0.05, 0.1) is 13.5 Å². The van der Waals surface area contributed by atoms with Crippen molar-refractivity contribution in [3.05, 3.63) is 28.8 Å². The van der Waals surface area contributed by atoms with Crippen molar-refractivity contribution in [3.8, 4) is 0 Å². The molecule has 7 heteroatoms. The molecule has 1 aromatic carbocycles. The van der Waals surface area contributed by atoms with Crippen LogP contribution in [0.1, 0.15) is 18.4 Å². The first-order valence-electron chi connectivity index (χ1n) is 5.86. The van der Waals surface area contributed by atoms with E-state index in [9.17, 15) is 9.59 Å². The van der Waals surface area contributed by atoms with Crippen molar-refractivity contribution in [2.24, 2.45) is 0 Å². The van der Waals surface area contributed by atoms with Gasteiger partial charge in [0.2, 0.25) is 5.91 Å². The summed E-state index contributed by atoms with van der Waals surface area (Å²) < 4.78 is 4.45. The van der Waals surface area contributed by atoms with Gasteiger partial charge in [-0.1, -0.05) is 17.7 Å². The molecule has 0 atom stereocenters. The van der Waals surface area contributed by atoms with E-state index in [0.29, 0.717) is 5.02 Å². The molecule has 2 N–H and O–H groups in total. The number of rotatable bonds is 4. The van der Waals surface area contributed by atoms with E-state index >= 15 is 0 Å². The van der Waals surface area contributed by atoms with Crippen molar-refractivity contribution in [2.75, 3.05) is 12.4 Å². The lowest BCUT2D eigenvalue weighted by Gasteiger charge is -2.11. The molecule has 0 bridgehead atoms. The Labute approximate surface area is 127 Å². The fourth-order valence-corrected chi connectivity index (χ4v) is 1.79. The topological polar surface area (TPSA) is 67.4 Å². The van der Waals surface area contributed by atoms with Crippen LogP contribution in [0, 0.1) is 6.92 Å². The normalized spacial score (nSPS) is 9.75. The van der Waals surface area contributed by atoms with E-state index in [4.69, 9.17) is 23.8 Å². The molecule has 5 nitrogen and oxygen atoms in total. The smallest absolute Gasteiger partial charge is 0.306 e. The average Bonchev–Trinajstić information content (AvgIpc) is 2.40. The third-order valence-corrected chi connectivity index (χ3v) is 2.92. The Bertz CT molecular complexity index is 534. The van der Waals surface area contributed by atoms with Gasteiger partial charge in [-0.15, -0.1) is 0 Å². The van der Waals surface area contributed by atoms with E-state index in [1.807, 2.05) is 13.0 Å². The molecule has 0 fully saturated rings. The summed E-state index contributed by atoms with van der Waals surface area (Å²) in [5, 5.41) is 6.09. The fourth-order valence-electron chi connectivity index (χ4n) is 1.39. The van der Waals surface area contributed by atoms with Crippen molar-refractivity contribution in [1.82, 2.24) is 5.32 Å². The van der Waals surface area contributed by atoms with Gasteiger partial charge in [-0.25, -0.2) is 0 Å². The number of carbonyl (C=O) groups excluding carboxylic acids is 2. The van der Waals surface area contributed by atoms with Gasteiger partial charge in [0.25, 0.3) is 0 Å². The number of nitrogens with one attached hydrogen (secondary N) is 2. The lowest BCUT2D eigenvalue weighted by Crippen LogP contribution is -2.34. The molecule has 0 heterocycles. The lowest BCUT2D eigenvalue weighted by atomic mass is 10.2. The molecular formula is C13H15ClN2O3S. The number of hydrogen-bond donors (Lipinski definition) is 2. The number of ether oxygens (including phenoxy) is 1. The molecule has 0 aliphatic carbocycles. The Morgan fingerprint density at radius 1 is 1.35 bits per heavy atom. The van der Waals surface area contributed by atoms with Gasteiger partial charge in [-0.2, -0.15) is 0 Å². The molecule has 1 rings (SSSR count). The Balaban J connectivity index is 2.49. The van der Waals surface area contributed by atoms with Crippen LogP contribution in [0.15, 0.2) is 18.2 Å². The predicted molar refractivity (Wildman–Crippen MR) is 81.8 cm³/mol. The molecule has 20 heavy (non-hydrogen) atoms. The van der Waals surface area contributed by atoms with Crippen LogP contribution in [0.4, 0.5) is 5.69 Å². The largest absolute Gasteiger partial charge is 0.469 e. The molecule has 0 aliphatic heterocycles. The van der Waals surface area contributed by atoms with Crippen molar-refractivity contribution in [1.29, 1.82) is 0 Å². The average molecular weight is 315 g/mol. The third-order valence-electron chi connectivity index (χ3n) is 2.48. The number of carbonyl (C=O) groups is 2. The molecule has 0 aromatic heterocycles. The number of anilines is 1. The first-order chi connectivity index (χ1) is 9.42. The standard InChI is InChI=1S/C13H15ClN2O3S/c1-8-3-4-9(14)7-10(8)15-13(20)16-11(17)5-6-12(18)19-2/h3-4,7H,5-6H2,1-2H3,(H2,15,16,17,20). The number of benzene rings is 1. The van der Waals surface area contributed by atoms with Gasteiger partial charge in [0.1, 0.15) is 0 Å². The first-order valence-corrected chi connectivity index (χ1v) is 6.65. The minimum atomic E-state index is -0.440. The summed E-state index contributed by atoms with van der Waals surface area (Å²) in [5.74, 6) is -0.794. The molecule has 1 amide bonds. The van der Waals surface area contributed by atoms with E-state index in [-0.39, 0.29) is 23.9 Å². The molecule has 0 saturated carbocycles. The maximum absolute atomic E-state index is 11.5. The Hall–Kier alpha value is -1.66. The zero-order valence-corrected chi connectivity index (χ0v) is 12.7. The number of methoxy groups -OCH3 is 1. The van der Waals surface area contributed by atoms with Crippen LogP contribution in [0.25, 0.3) is 0 Å². The van der Waals surface area contributed by atoms with Crippen LogP contribution in [0.5, 0.6) is 0 Å². The fraction of sp³-hybridized carbons (Fsp3) is 0.308. The van der Waals surface area contributed by atoms with Crippen molar-refractivity contribution >= 4 is 46.5 Å². The van der Waals surface area contributed by atoms with Crippen LogP contribution in [0.2, 0.25) is 5.02 Å². The van der Waals surface area contributed by atoms with Crippen molar-refractivity contribution in [3.63, 3.8) is 0 Å². The number of thiocarbonyl (C=S) groups is 1. The van der Waals surface area contributed by atoms with E-state index < -0.39 is 5.97 Å². The molecule has 0 radical (unpaired) electrons. The summed E-state index contributed by atoms with van der Waals surface area (Å²) in [4.78, 5) is 22.5. The zero-order chi connectivity index (χ0) is 15.1. The highest BCUT2D eigenvalue weighted by Crippen LogP contribution is 2.19. The second-order valence-corrected chi connectivity index (χ2v) is 4.88. The van der Waals surface area contributed by atoms with Gasteiger partial charge in [-0.05, 0) is 36.8 Å². The van der Waals surface area contributed by atoms with Crippen LogP contribution >= 0.6 is 23.8 Å². The van der Waals surface area contributed by atoms with Gasteiger partial charge < -0.3 is 15.4 Å². The van der Waals surface area contributed by atoms with E-state index in [2.05, 4.69) is 15.4 Å². The summed E-state index contributed by atoms with van der Waals surface area (Å²) in [7, 11) is 1.27. The number of amides is 1. The highest BCUT2D eigenvalue weighted by atomic mass is 35.5. The summed E-state index contributed by atoms with van der Waals surface area (Å²) in [5.41, 5.74) is 1.66. The summed E-state index contributed by atoms with van der Waals surface area (Å²) in [6.45, 7) is 1.89. The second kappa shape index (κ2) is 7.81. The quantitative estimate of drug-likeness (QED) is 0.660. The summed E-state index contributed by atoms with van der Waals surface area (Å²) in [6.07, 6.45) is 0.0319. The van der Waals surface area contributed by atoms with E-state index in [1.54, 1.807) is 12.1 Å². The maximum atomic E-state index is 11.5. The van der Waals surface area contributed by atoms with Gasteiger partial charge >= 0.3 is 5.97 Å². The SMILES string of the molecule is COC(=O)CCC(=O)NC(=S)Nc1cc(Cl)ccc1C. The number of aryl methyl sites for hydroxylation is 1. The van der Waals surface area contributed by atoms with Crippen LogP contribution in [-0.4, -0.2) is 24.1 Å².